The second kappa shape index (κ2) is 4.33. The van der Waals surface area contributed by atoms with Crippen molar-refractivity contribution < 1.29 is 5.11 Å². The quantitative estimate of drug-likeness (QED) is 0.682. The molecule has 0 bridgehead atoms. The molecule has 2 nitrogen and oxygen atoms in total. The normalized spacial score (nSPS) is 33.0. The molecular weight excluding hydrogens is 158 g/mol. The van der Waals surface area contributed by atoms with E-state index in [1.165, 1.54) is 0 Å². The molecule has 0 aromatic carbocycles. The topological polar surface area (TPSA) is 23.5 Å². The maximum absolute atomic E-state index is 9.57. The van der Waals surface area contributed by atoms with Crippen LogP contribution < -0.4 is 0 Å². The van der Waals surface area contributed by atoms with Crippen molar-refractivity contribution in [3.63, 3.8) is 0 Å². The fourth-order valence-corrected chi connectivity index (χ4v) is 2.33. The highest BCUT2D eigenvalue weighted by Gasteiger charge is 2.29. The minimum atomic E-state index is -0.0811. The Labute approximate surface area is 73.0 Å². The van der Waals surface area contributed by atoms with Crippen LogP contribution in [0.25, 0.3) is 0 Å². The maximum Gasteiger partial charge on any atom is 0.0715 e. The lowest BCUT2D eigenvalue weighted by atomic mass is 10.1. The number of β-amino-alcohol motifs (C(OH)–C–C–N with tert-alkyl or cyclic N) is 1. The summed E-state index contributed by atoms with van der Waals surface area (Å²) < 4.78 is 0. The Morgan fingerprint density at radius 3 is 2.73 bits per heavy atom. The van der Waals surface area contributed by atoms with Gasteiger partial charge < -0.3 is 10.0 Å². The Morgan fingerprint density at radius 1 is 1.55 bits per heavy atom. The van der Waals surface area contributed by atoms with Crippen molar-refractivity contribution >= 4 is 11.8 Å². The van der Waals surface area contributed by atoms with Crippen molar-refractivity contribution in [2.75, 3.05) is 31.6 Å². The Morgan fingerprint density at radius 2 is 2.27 bits per heavy atom. The Kier molecular flexibility index (Phi) is 3.69. The van der Waals surface area contributed by atoms with Gasteiger partial charge in [-0.15, -0.1) is 0 Å². The molecule has 0 aromatic rings. The molecular formula is C8H17NOS. The Hall–Kier alpha value is 0.270. The van der Waals surface area contributed by atoms with Gasteiger partial charge in [0.25, 0.3) is 0 Å². The zero-order chi connectivity index (χ0) is 8.27. The number of thioether (sulfide) groups is 1. The number of rotatable bonds is 3. The van der Waals surface area contributed by atoms with E-state index in [2.05, 4.69) is 18.1 Å². The van der Waals surface area contributed by atoms with E-state index >= 15 is 0 Å². The number of hydrogen-bond acceptors (Lipinski definition) is 3. The number of aliphatic hydroxyl groups excluding tert-OH is 1. The molecule has 0 saturated carbocycles. The fourth-order valence-electron chi connectivity index (χ4n) is 1.58. The summed E-state index contributed by atoms with van der Waals surface area (Å²) in [6, 6.07) is 0. The van der Waals surface area contributed by atoms with Crippen LogP contribution in [0.4, 0.5) is 0 Å². The van der Waals surface area contributed by atoms with Gasteiger partial charge in [0.05, 0.1) is 6.10 Å². The van der Waals surface area contributed by atoms with Crippen LogP contribution in [0.3, 0.4) is 0 Å². The van der Waals surface area contributed by atoms with Crippen LogP contribution in [0.15, 0.2) is 0 Å². The molecule has 1 aliphatic rings. The van der Waals surface area contributed by atoms with E-state index < -0.39 is 0 Å². The molecule has 2 atom stereocenters. The summed E-state index contributed by atoms with van der Waals surface area (Å²) in [6.45, 7) is 5.18. The van der Waals surface area contributed by atoms with E-state index in [9.17, 15) is 5.11 Å². The van der Waals surface area contributed by atoms with E-state index in [0.717, 1.165) is 25.4 Å². The molecule has 11 heavy (non-hydrogen) atoms. The van der Waals surface area contributed by atoms with Crippen molar-refractivity contribution in [1.29, 1.82) is 0 Å². The van der Waals surface area contributed by atoms with Crippen LogP contribution in [0.5, 0.6) is 0 Å². The first-order chi connectivity index (χ1) is 5.27. The monoisotopic (exact) mass is 175 g/mol. The highest BCUT2D eigenvalue weighted by Crippen LogP contribution is 2.19. The minimum absolute atomic E-state index is 0.0811. The SMILES string of the molecule is CCN1C[C@H](CSC)[C@H](O)C1. The second-order valence-corrected chi connectivity index (χ2v) is 4.05. The van der Waals surface area contributed by atoms with Crippen molar-refractivity contribution in [3.8, 4) is 0 Å². The summed E-state index contributed by atoms with van der Waals surface area (Å²) in [5.74, 6) is 1.60. The first kappa shape index (κ1) is 9.36. The first-order valence-electron chi connectivity index (χ1n) is 4.17. The molecule has 0 radical (unpaired) electrons. The standard InChI is InChI=1S/C8H17NOS/c1-3-9-4-7(6-11-2)8(10)5-9/h7-8,10H,3-6H2,1-2H3/t7-,8-/m1/s1. The zero-order valence-corrected chi connectivity index (χ0v) is 8.10. The average molecular weight is 175 g/mol. The lowest BCUT2D eigenvalue weighted by molar-refractivity contribution is 0.150. The lowest BCUT2D eigenvalue weighted by Crippen LogP contribution is -2.21. The molecule has 0 unspecified atom stereocenters. The summed E-state index contributed by atoms with van der Waals surface area (Å²) in [7, 11) is 0. The zero-order valence-electron chi connectivity index (χ0n) is 7.29. The first-order valence-corrected chi connectivity index (χ1v) is 5.56. The van der Waals surface area contributed by atoms with Crippen LogP contribution in [0, 0.1) is 5.92 Å². The molecule has 1 N–H and O–H groups in total. The van der Waals surface area contributed by atoms with Crippen molar-refractivity contribution in [1.82, 2.24) is 4.90 Å². The second-order valence-electron chi connectivity index (χ2n) is 3.13. The minimum Gasteiger partial charge on any atom is -0.391 e. The van der Waals surface area contributed by atoms with Gasteiger partial charge in [0.2, 0.25) is 0 Å². The van der Waals surface area contributed by atoms with Crippen molar-refractivity contribution in [3.05, 3.63) is 0 Å². The molecule has 1 rings (SSSR count). The van der Waals surface area contributed by atoms with Gasteiger partial charge in [-0.25, -0.2) is 0 Å². The van der Waals surface area contributed by atoms with Gasteiger partial charge in [-0.05, 0) is 18.6 Å². The fraction of sp³-hybridized carbons (Fsp3) is 1.00. The van der Waals surface area contributed by atoms with Crippen LogP contribution in [0.2, 0.25) is 0 Å². The third kappa shape index (κ3) is 2.36. The molecule has 1 fully saturated rings. The van der Waals surface area contributed by atoms with Gasteiger partial charge in [0.15, 0.2) is 0 Å². The van der Waals surface area contributed by atoms with E-state index in [4.69, 9.17) is 0 Å². The maximum atomic E-state index is 9.57. The highest BCUT2D eigenvalue weighted by molar-refractivity contribution is 7.98. The van der Waals surface area contributed by atoms with Gasteiger partial charge >= 0.3 is 0 Å². The smallest absolute Gasteiger partial charge is 0.0715 e. The summed E-state index contributed by atoms with van der Waals surface area (Å²) in [5, 5.41) is 9.57. The van der Waals surface area contributed by atoms with E-state index in [1.54, 1.807) is 0 Å². The van der Waals surface area contributed by atoms with Gasteiger partial charge in [-0.2, -0.15) is 11.8 Å². The molecule has 1 heterocycles. The molecule has 0 amide bonds. The summed E-state index contributed by atoms with van der Waals surface area (Å²) in [5.41, 5.74) is 0. The van der Waals surface area contributed by atoms with Crippen LogP contribution in [0.1, 0.15) is 6.92 Å². The highest BCUT2D eigenvalue weighted by atomic mass is 32.2. The van der Waals surface area contributed by atoms with E-state index in [1.807, 2.05) is 11.8 Å². The third-order valence-electron chi connectivity index (χ3n) is 2.31. The third-order valence-corrected chi connectivity index (χ3v) is 3.07. The number of aliphatic hydroxyl groups is 1. The van der Waals surface area contributed by atoms with Crippen LogP contribution in [-0.4, -0.2) is 47.8 Å². The van der Waals surface area contributed by atoms with Crippen LogP contribution in [-0.2, 0) is 0 Å². The van der Waals surface area contributed by atoms with Crippen molar-refractivity contribution in [2.24, 2.45) is 5.92 Å². The Bertz CT molecular complexity index is 121. The summed E-state index contributed by atoms with van der Waals surface area (Å²) in [6.07, 6.45) is 2.02. The lowest BCUT2D eigenvalue weighted by Gasteiger charge is -2.11. The number of likely N-dealkylation sites (N-methyl/N-ethyl adjacent to an activating group) is 1. The Balaban J connectivity index is 2.32. The predicted molar refractivity (Wildman–Crippen MR) is 50.0 cm³/mol. The summed E-state index contributed by atoms with van der Waals surface area (Å²) in [4.78, 5) is 2.31. The molecule has 1 saturated heterocycles. The van der Waals surface area contributed by atoms with Crippen molar-refractivity contribution in [2.45, 2.75) is 13.0 Å². The number of nitrogens with zero attached hydrogens (tertiary/aromatic N) is 1. The van der Waals surface area contributed by atoms with Gasteiger partial charge in [0.1, 0.15) is 0 Å². The number of hydrogen-bond donors (Lipinski definition) is 1. The van der Waals surface area contributed by atoms with E-state index in [-0.39, 0.29) is 6.10 Å². The molecule has 0 aromatic heterocycles. The van der Waals surface area contributed by atoms with Gasteiger partial charge in [-0.1, -0.05) is 6.92 Å². The summed E-state index contributed by atoms with van der Waals surface area (Å²) >= 11 is 1.83. The molecule has 66 valence electrons. The largest absolute Gasteiger partial charge is 0.391 e. The molecule has 0 aliphatic carbocycles. The molecule has 0 spiro atoms. The van der Waals surface area contributed by atoms with Crippen LogP contribution >= 0.6 is 11.8 Å². The van der Waals surface area contributed by atoms with E-state index in [0.29, 0.717) is 5.92 Å². The molecule has 1 aliphatic heterocycles. The van der Waals surface area contributed by atoms with Gasteiger partial charge in [-0.3, -0.25) is 0 Å². The molecule has 3 heteroatoms. The van der Waals surface area contributed by atoms with Gasteiger partial charge in [0, 0.05) is 19.0 Å². The average Bonchev–Trinajstić information content (AvgIpc) is 2.33. The predicted octanol–water partition coefficient (Wildman–Crippen LogP) is 0.662. The number of likely N-dealkylation sites (tertiary alicyclic amines) is 1.